The van der Waals surface area contributed by atoms with Gasteiger partial charge in [0.2, 0.25) is 0 Å². The summed E-state index contributed by atoms with van der Waals surface area (Å²) in [5.41, 5.74) is 0.723. The van der Waals surface area contributed by atoms with Crippen molar-refractivity contribution in [1.82, 2.24) is 10.1 Å². The van der Waals surface area contributed by atoms with Crippen LogP contribution in [0.5, 0.6) is 5.75 Å². The molecule has 0 saturated heterocycles. The molecule has 1 aromatic heterocycles. The fraction of sp³-hybridized carbons (Fsp3) is 0.400. The molecule has 0 saturated carbocycles. The average molecular weight is 290 g/mol. The van der Waals surface area contributed by atoms with E-state index in [2.05, 4.69) is 17.1 Å². The molecule has 0 N–H and O–H groups in total. The Morgan fingerprint density at radius 2 is 2.00 bits per heavy atom. The predicted molar refractivity (Wildman–Crippen MR) is 76.1 cm³/mol. The highest BCUT2D eigenvalue weighted by Crippen LogP contribution is 2.21. The van der Waals surface area contributed by atoms with E-state index in [1.807, 2.05) is 24.3 Å². The van der Waals surface area contributed by atoms with Gasteiger partial charge in [-0.2, -0.15) is 4.98 Å². The van der Waals surface area contributed by atoms with Gasteiger partial charge in [0.25, 0.3) is 11.7 Å². The van der Waals surface area contributed by atoms with Gasteiger partial charge in [0.15, 0.2) is 0 Å². The quantitative estimate of drug-likeness (QED) is 0.576. The summed E-state index contributed by atoms with van der Waals surface area (Å²) >= 11 is 0. The average Bonchev–Trinajstić information content (AvgIpc) is 2.98. The number of unbranched alkanes of at least 4 members (excludes halogenated alkanes) is 1. The highest BCUT2D eigenvalue weighted by atomic mass is 16.5. The number of esters is 1. The fourth-order valence-corrected chi connectivity index (χ4v) is 1.65. The zero-order chi connectivity index (χ0) is 15.1. The van der Waals surface area contributed by atoms with Crippen molar-refractivity contribution < 1.29 is 18.8 Å². The molecule has 6 heteroatoms. The fourth-order valence-electron chi connectivity index (χ4n) is 1.65. The van der Waals surface area contributed by atoms with Crippen LogP contribution in [0.2, 0.25) is 0 Å². The van der Waals surface area contributed by atoms with Gasteiger partial charge in [0, 0.05) is 5.56 Å². The molecule has 112 valence electrons. The molecule has 0 unspecified atom stereocenters. The molecule has 21 heavy (non-hydrogen) atoms. The molecule has 0 aliphatic carbocycles. The Balaban J connectivity index is 2.03. The van der Waals surface area contributed by atoms with E-state index in [0.717, 1.165) is 24.2 Å². The second-order valence-electron chi connectivity index (χ2n) is 4.37. The molecular formula is C15H18N2O4. The summed E-state index contributed by atoms with van der Waals surface area (Å²) in [6.45, 7) is 4.80. The molecule has 6 nitrogen and oxygen atoms in total. The first-order valence-electron chi connectivity index (χ1n) is 6.98. The molecule has 0 aliphatic rings. The molecule has 2 aromatic rings. The summed E-state index contributed by atoms with van der Waals surface area (Å²) in [5, 5.41) is 3.60. The molecule has 0 fully saturated rings. The molecule has 0 radical (unpaired) electrons. The molecule has 0 spiro atoms. The minimum absolute atomic E-state index is 0.0740. The Kier molecular flexibility index (Phi) is 5.31. The van der Waals surface area contributed by atoms with Crippen molar-refractivity contribution in [3.63, 3.8) is 0 Å². The number of hydrogen-bond donors (Lipinski definition) is 0. The molecule has 0 atom stereocenters. The number of rotatable bonds is 7. The summed E-state index contributed by atoms with van der Waals surface area (Å²) in [6.07, 6.45) is 2.12. The van der Waals surface area contributed by atoms with Crippen molar-refractivity contribution in [2.75, 3.05) is 13.2 Å². The molecular weight excluding hydrogens is 272 g/mol. The van der Waals surface area contributed by atoms with Crippen LogP contribution < -0.4 is 4.74 Å². The maximum atomic E-state index is 11.5. The number of benzene rings is 1. The highest BCUT2D eigenvalue weighted by Gasteiger charge is 2.16. The molecule has 1 heterocycles. The summed E-state index contributed by atoms with van der Waals surface area (Å²) in [6, 6.07) is 7.28. The highest BCUT2D eigenvalue weighted by molar-refractivity contribution is 5.85. The van der Waals surface area contributed by atoms with Crippen molar-refractivity contribution in [3.8, 4) is 17.2 Å². The lowest BCUT2D eigenvalue weighted by Crippen LogP contribution is -2.06. The molecule has 1 aromatic carbocycles. The van der Waals surface area contributed by atoms with Crippen LogP contribution in [0, 0.1) is 0 Å². The number of carbonyl (C=O) groups excluding carboxylic acids is 1. The lowest BCUT2D eigenvalue weighted by atomic mass is 10.2. The van der Waals surface area contributed by atoms with Crippen molar-refractivity contribution in [2.24, 2.45) is 0 Å². The predicted octanol–water partition coefficient (Wildman–Crippen LogP) is 3.09. The smallest absolute Gasteiger partial charge is 0.379 e. The van der Waals surface area contributed by atoms with Gasteiger partial charge in [-0.3, -0.25) is 0 Å². The van der Waals surface area contributed by atoms with E-state index in [9.17, 15) is 4.79 Å². The third kappa shape index (κ3) is 4.05. The van der Waals surface area contributed by atoms with Gasteiger partial charge in [-0.1, -0.05) is 13.3 Å². The van der Waals surface area contributed by atoms with E-state index in [1.54, 1.807) is 6.92 Å². The minimum atomic E-state index is -0.591. The number of aromatic nitrogens is 2. The zero-order valence-electron chi connectivity index (χ0n) is 12.2. The van der Waals surface area contributed by atoms with E-state index in [0.29, 0.717) is 6.61 Å². The lowest BCUT2D eigenvalue weighted by molar-refractivity contribution is 0.0508. The first-order valence-corrected chi connectivity index (χ1v) is 6.98. The second kappa shape index (κ2) is 7.42. The largest absolute Gasteiger partial charge is 0.494 e. The van der Waals surface area contributed by atoms with E-state index in [1.165, 1.54) is 0 Å². The van der Waals surface area contributed by atoms with Gasteiger partial charge in [-0.15, -0.1) is 0 Å². The summed E-state index contributed by atoms with van der Waals surface area (Å²) in [5.74, 6) is 0.401. The lowest BCUT2D eigenvalue weighted by Gasteiger charge is -2.04. The molecule has 0 bridgehead atoms. The SMILES string of the molecule is CCCCOc1ccc(-c2nc(C(=O)OCC)no2)cc1. The van der Waals surface area contributed by atoms with E-state index in [4.69, 9.17) is 14.0 Å². The van der Waals surface area contributed by atoms with Gasteiger partial charge in [-0.05, 0) is 42.8 Å². The van der Waals surface area contributed by atoms with Gasteiger partial charge in [0.1, 0.15) is 5.75 Å². The van der Waals surface area contributed by atoms with Crippen LogP contribution in [0.15, 0.2) is 28.8 Å². The molecule has 0 aliphatic heterocycles. The Hall–Kier alpha value is -2.37. The molecule has 2 rings (SSSR count). The standard InChI is InChI=1S/C15H18N2O4/c1-3-5-10-20-12-8-6-11(7-9-12)14-16-13(17-21-14)15(18)19-4-2/h6-9H,3-5,10H2,1-2H3. The van der Waals surface area contributed by atoms with Crippen molar-refractivity contribution >= 4 is 5.97 Å². The topological polar surface area (TPSA) is 74.5 Å². The number of carbonyl (C=O) groups is 1. The maximum Gasteiger partial charge on any atom is 0.379 e. The third-order valence-corrected chi connectivity index (χ3v) is 2.75. The zero-order valence-corrected chi connectivity index (χ0v) is 12.2. The minimum Gasteiger partial charge on any atom is -0.494 e. The van der Waals surface area contributed by atoms with Gasteiger partial charge in [0.05, 0.1) is 13.2 Å². The number of nitrogens with zero attached hydrogens (tertiary/aromatic N) is 2. The third-order valence-electron chi connectivity index (χ3n) is 2.75. The van der Waals surface area contributed by atoms with Crippen LogP contribution in [0.3, 0.4) is 0 Å². The van der Waals surface area contributed by atoms with Crippen LogP contribution in [0.4, 0.5) is 0 Å². The number of ether oxygens (including phenoxy) is 2. The summed E-state index contributed by atoms with van der Waals surface area (Å²) < 4.78 is 15.4. The van der Waals surface area contributed by atoms with Crippen molar-refractivity contribution in [3.05, 3.63) is 30.1 Å². The van der Waals surface area contributed by atoms with Gasteiger partial charge < -0.3 is 14.0 Å². The Bertz CT molecular complexity index is 578. The first-order chi connectivity index (χ1) is 10.2. The Morgan fingerprint density at radius 1 is 1.24 bits per heavy atom. The Morgan fingerprint density at radius 3 is 2.67 bits per heavy atom. The number of hydrogen-bond acceptors (Lipinski definition) is 6. The monoisotopic (exact) mass is 290 g/mol. The summed E-state index contributed by atoms with van der Waals surface area (Å²) in [7, 11) is 0. The van der Waals surface area contributed by atoms with Gasteiger partial charge in [-0.25, -0.2) is 4.79 Å². The van der Waals surface area contributed by atoms with Gasteiger partial charge >= 0.3 is 5.97 Å². The summed E-state index contributed by atoms with van der Waals surface area (Å²) in [4.78, 5) is 15.5. The van der Waals surface area contributed by atoms with Crippen LogP contribution in [-0.4, -0.2) is 29.3 Å². The Labute approximate surface area is 123 Å². The van der Waals surface area contributed by atoms with E-state index < -0.39 is 5.97 Å². The van der Waals surface area contributed by atoms with Crippen LogP contribution in [0.25, 0.3) is 11.5 Å². The van der Waals surface area contributed by atoms with Crippen molar-refractivity contribution in [2.45, 2.75) is 26.7 Å². The normalized spacial score (nSPS) is 10.4. The first kappa shape index (κ1) is 15.0. The van der Waals surface area contributed by atoms with Crippen LogP contribution in [0.1, 0.15) is 37.3 Å². The maximum absolute atomic E-state index is 11.5. The van der Waals surface area contributed by atoms with Crippen LogP contribution in [-0.2, 0) is 4.74 Å². The van der Waals surface area contributed by atoms with E-state index >= 15 is 0 Å². The second-order valence-corrected chi connectivity index (χ2v) is 4.37. The van der Waals surface area contributed by atoms with Crippen LogP contribution >= 0.6 is 0 Å². The van der Waals surface area contributed by atoms with E-state index in [-0.39, 0.29) is 18.3 Å². The molecule has 0 amide bonds. The van der Waals surface area contributed by atoms with Crippen molar-refractivity contribution in [1.29, 1.82) is 0 Å².